The quantitative estimate of drug-likeness (QED) is 0.0377. The molecule has 346 valence electrons. The molecule has 15 heteroatoms. The van der Waals surface area contributed by atoms with Gasteiger partial charge in [0.15, 0.2) is 16.9 Å². The summed E-state index contributed by atoms with van der Waals surface area (Å²) in [5.41, 5.74) is -3.19. The average Bonchev–Trinajstić information content (AvgIpc) is 3.71. The molecule has 1 saturated heterocycles. The molecule has 0 amide bonds. The molecule has 6 aromatic carbocycles. The molecule has 1 aromatic heterocycles. The van der Waals surface area contributed by atoms with Crippen molar-refractivity contribution < 1.29 is 42.9 Å². The molecule has 8 rings (SSSR count). The van der Waals surface area contributed by atoms with E-state index in [1.54, 1.807) is 35.4 Å². The monoisotopic (exact) mass is 925 g/mol. The highest BCUT2D eigenvalue weighted by Crippen LogP contribution is 2.61. The number of aromatic nitrogens is 2. The standard InChI is InChI=1S/C52H52N3O11P/c1-35-33-55(49(58)53-48(35)57)47-32-50(59,46(34-56)64-47)54-67(65-51(36-20-8-6-9-21-36,38-24-12-16-28-42(38)60-2)39-25-13-17-29-43(39)61-3)66-52(37-22-10-7-11-23-37,40-26-14-18-30-44(40)62-4)41-27-15-19-31-45(41)63-5/h6-31,33,46-47,54,56,59H,32,34H2,1-5H3,(H,53,57,58)/t46-,47-,50+/m1/s1. The third-order valence-corrected chi connectivity index (χ3v) is 13.4. The van der Waals surface area contributed by atoms with E-state index >= 15 is 0 Å². The summed E-state index contributed by atoms with van der Waals surface area (Å²) in [4.78, 5) is 28.1. The lowest BCUT2D eigenvalue weighted by atomic mass is 9.79. The van der Waals surface area contributed by atoms with Crippen LogP contribution in [0.15, 0.2) is 174 Å². The largest absolute Gasteiger partial charge is 0.496 e. The molecule has 67 heavy (non-hydrogen) atoms. The van der Waals surface area contributed by atoms with Gasteiger partial charge in [0.2, 0.25) is 0 Å². The number of nitrogens with zero attached hydrogens (tertiary/aromatic N) is 1. The number of nitrogens with one attached hydrogen (secondary N) is 2. The number of aliphatic hydroxyl groups excluding tert-OH is 1. The minimum atomic E-state index is -2.81. The highest BCUT2D eigenvalue weighted by Gasteiger charge is 2.55. The predicted molar refractivity (Wildman–Crippen MR) is 253 cm³/mol. The molecule has 3 atom stereocenters. The Morgan fingerprint density at radius 2 is 1.01 bits per heavy atom. The van der Waals surface area contributed by atoms with Gasteiger partial charge in [0.1, 0.15) is 35.3 Å². The molecule has 0 unspecified atom stereocenters. The number of aryl methyl sites for hydroxylation is 1. The van der Waals surface area contributed by atoms with Crippen molar-refractivity contribution >= 4 is 8.53 Å². The van der Waals surface area contributed by atoms with Gasteiger partial charge in [-0.3, -0.25) is 14.3 Å². The normalized spacial score (nSPS) is 17.3. The third kappa shape index (κ3) is 8.76. The van der Waals surface area contributed by atoms with Crippen LogP contribution in [0, 0.1) is 6.92 Å². The van der Waals surface area contributed by atoms with E-state index in [0.717, 1.165) is 0 Å². The van der Waals surface area contributed by atoms with Crippen molar-refractivity contribution in [2.75, 3.05) is 35.0 Å². The zero-order valence-corrected chi connectivity index (χ0v) is 38.5. The van der Waals surface area contributed by atoms with Crippen molar-refractivity contribution in [2.24, 2.45) is 0 Å². The summed E-state index contributed by atoms with van der Waals surface area (Å²) in [5, 5.41) is 27.6. The molecule has 7 aromatic rings. The first-order valence-electron chi connectivity index (χ1n) is 21.5. The summed E-state index contributed by atoms with van der Waals surface area (Å²) in [6.45, 7) is 0.850. The fourth-order valence-electron chi connectivity index (χ4n) is 8.80. The Morgan fingerprint density at radius 1 is 0.642 bits per heavy atom. The molecular formula is C52H52N3O11P. The number of para-hydroxylation sites is 4. The van der Waals surface area contributed by atoms with Crippen LogP contribution in [0.1, 0.15) is 51.6 Å². The van der Waals surface area contributed by atoms with Gasteiger partial charge in [-0.25, -0.2) is 9.88 Å². The molecule has 0 aliphatic carbocycles. The van der Waals surface area contributed by atoms with Crippen molar-refractivity contribution in [2.45, 2.75) is 42.6 Å². The highest BCUT2D eigenvalue weighted by molar-refractivity contribution is 7.45. The maximum atomic E-state index is 13.3. The summed E-state index contributed by atoms with van der Waals surface area (Å²) in [6, 6.07) is 48.8. The Labute approximate surface area is 389 Å². The fourth-order valence-corrected chi connectivity index (χ4v) is 10.6. The third-order valence-electron chi connectivity index (χ3n) is 12.0. The van der Waals surface area contributed by atoms with Crippen LogP contribution in [0.25, 0.3) is 0 Å². The number of hydrogen-bond donors (Lipinski definition) is 4. The van der Waals surface area contributed by atoms with Gasteiger partial charge >= 0.3 is 5.69 Å². The number of benzene rings is 6. The van der Waals surface area contributed by atoms with Crippen LogP contribution in [0.5, 0.6) is 23.0 Å². The summed E-state index contributed by atoms with van der Waals surface area (Å²) in [7, 11) is 3.49. The van der Waals surface area contributed by atoms with Gasteiger partial charge in [0, 0.05) is 40.4 Å². The van der Waals surface area contributed by atoms with Gasteiger partial charge in [-0.2, -0.15) is 0 Å². The number of rotatable bonds is 18. The van der Waals surface area contributed by atoms with Gasteiger partial charge in [0.25, 0.3) is 14.1 Å². The molecule has 2 heterocycles. The first-order valence-corrected chi connectivity index (χ1v) is 22.7. The number of aliphatic hydroxyl groups is 2. The smallest absolute Gasteiger partial charge is 0.330 e. The maximum absolute atomic E-state index is 13.3. The minimum absolute atomic E-state index is 0.239. The lowest BCUT2D eigenvalue weighted by Crippen LogP contribution is -2.52. The number of aromatic amines is 1. The molecule has 1 fully saturated rings. The van der Waals surface area contributed by atoms with E-state index in [1.165, 1.54) is 10.8 Å². The van der Waals surface area contributed by atoms with E-state index in [4.69, 9.17) is 32.7 Å². The van der Waals surface area contributed by atoms with E-state index < -0.39 is 55.6 Å². The number of H-pyrrole nitrogens is 1. The van der Waals surface area contributed by atoms with Crippen LogP contribution in [0.4, 0.5) is 0 Å². The number of methoxy groups -OCH3 is 4. The van der Waals surface area contributed by atoms with E-state index in [-0.39, 0.29) is 12.0 Å². The molecule has 4 N–H and O–H groups in total. The van der Waals surface area contributed by atoms with Crippen LogP contribution in [-0.2, 0) is 25.0 Å². The Morgan fingerprint density at radius 3 is 1.39 bits per heavy atom. The van der Waals surface area contributed by atoms with Gasteiger partial charge < -0.3 is 42.9 Å². The first-order chi connectivity index (χ1) is 32.6. The molecule has 0 spiro atoms. The van der Waals surface area contributed by atoms with Gasteiger partial charge in [0.05, 0.1) is 35.0 Å². The van der Waals surface area contributed by atoms with Gasteiger partial charge in [-0.15, -0.1) is 0 Å². The molecular weight excluding hydrogens is 874 g/mol. The van der Waals surface area contributed by atoms with E-state index in [1.807, 2.05) is 158 Å². The van der Waals surface area contributed by atoms with Crippen molar-refractivity contribution in [3.63, 3.8) is 0 Å². The summed E-state index contributed by atoms with van der Waals surface area (Å²) >= 11 is 0. The maximum Gasteiger partial charge on any atom is 0.330 e. The van der Waals surface area contributed by atoms with E-state index in [2.05, 4.69) is 10.1 Å². The Bertz CT molecular complexity index is 2670. The summed E-state index contributed by atoms with van der Waals surface area (Å²) < 4.78 is 47.7. The van der Waals surface area contributed by atoms with Crippen LogP contribution in [0.3, 0.4) is 0 Å². The van der Waals surface area contributed by atoms with Crippen molar-refractivity contribution in [3.8, 4) is 23.0 Å². The first kappa shape index (κ1) is 46.9. The molecule has 0 saturated carbocycles. The molecule has 0 radical (unpaired) electrons. The second-order valence-electron chi connectivity index (χ2n) is 15.8. The zero-order valence-electron chi connectivity index (χ0n) is 37.6. The van der Waals surface area contributed by atoms with Crippen LogP contribution >= 0.6 is 8.53 Å². The lowest BCUT2D eigenvalue weighted by Gasteiger charge is -2.45. The minimum Gasteiger partial charge on any atom is -0.496 e. The number of hydrogen-bond acceptors (Lipinski definition) is 12. The molecule has 14 nitrogen and oxygen atoms in total. The Hall–Kier alpha value is -6.61. The van der Waals surface area contributed by atoms with Crippen LogP contribution in [-0.4, -0.2) is 66.6 Å². The molecule has 1 aliphatic heterocycles. The second kappa shape index (κ2) is 20.1. The Balaban J connectivity index is 1.46. The second-order valence-corrected chi connectivity index (χ2v) is 16.9. The summed E-state index contributed by atoms with van der Waals surface area (Å²) in [6.07, 6.45) is -1.51. The fraction of sp³-hybridized carbons (Fsp3) is 0.231. The van der Waals surface area contributed by atoms with E-state index in [0.29, 0.717) is 56.4 Å². The number of ether oxygens (including phenoxy) is 5. The average molecular weight is 926 g/mol. The Kier molecular flexibility index (Phi) is 14.1. The molecule has 0 bridgehead atoms. The summed E-state index contributed by atoms with van der Waals surface area (Å²) in [5.74, 6) is 1.83. The highest BCUT2D eigenvalue weighted by atomic mass is 31.2. The zero-order chi connectivity index (χ0) is 47.2. The van der Waals surface area contributed by atoms with Crippen LogP contribution < -0.4 is 35.3 Å². The van der Waals surface area contributed by atoms with Crippen molar-refractivity contribution in [3.05, 3.63) is 224 Å². The van der Waals surface area contributed by atoms with Gasteiger partial charge in [-0.05, 0) is 42.3 Å². The SMILES string of the molecule is COc1ccccc1C(OP(N[C@]1(O)C[C@H](n2cc(C)c(=O)[nH]c2=O)O[C@@H]1CO)OC(c1ccccc1)(c1ccccc1OC)c1ccccc1OC)(c1ccccc1)c1ccccc1OC. The molecule has 1 aliphatic rings. The predicted octanol–water partition coefficient (Wildman–Crippen LogP) is 7.68. The lowest BCUT2D eigenvalue weighted by molar-refractivity contribution is -0.0905. The van der Waals surface area contributed by atoms with Gasteiger partial charge in [-0.1, -0.05) is 133 Å². The topological polar surface area (TPSA) is 172 Å². The van der Waals surface area contributed by atoms with Crippen LogP contribution in [0.2, 0.25) is 0 Å². The van der Waals surface area contributed by atoms with Crippen molar-refractivity contribution in [1.29, 1.82) is 0 Å². The van der Waals surface area contributed by atoms with Crippen molar-refractivity contribution in [1.82, 2.24) is 14.6 Å². The van der Waals surface area contributed by atoms with E-state index in [9.17, 15) is 19.8 Å².